The molecule has 1 heterocycles. The number of urea groups is 1. The molecule has 8 heteroatoms. The average molecular weight is 275 g/mol. The van der Waals surface area contributed by atoms with Crippen molar-refractivity contribution in [3.8, 4) is 0 Å². The fraction of sp³-hybridized carbons (Fsp3) is 0.700. The quantitative estimate of drug-likeness (QED) is 0.635. The smallest absolute Gasteiger partial charge is 0.318 e. The highest BCUT2D eigenvalue weighted by Gasteiger charge is 2.32. The van der Waals surface area contributed by atoms with Crippen molar-refractivity contribution in [2.45, 2.75) is 25.4 Å². The lowest BCUT2D eigenvalue weighted by Gasteiger charge is -2.37. The van der Waals surface area contributed by atoms with Crippen molar-refractivity contribution in [3.63, 3.8) is 0 Å². The van der Waals surface area contributed by atoms with Crippen molar-refractivity contribution in [1.29, 1.82) is 0 Å². The minimum absolute atomic E-state index is 0.0127. The van der Waals surface area contributed by atoms with Gasteiger partial charge in [0.25, 0.3) is 0 Å². The van der Waals surface area contributed by atoms with Gasteiger partial charge >= 0.3 is 12.0 Å². The number of rotatable bonds is 4. The zero-order chi connectivity index (χ0) is 13.7. The van der Waals surface area contributed by atoms with Crippen LogP contribution in [0.5, 0.6) is 0 Å². The summed E-state index contributed by atoms with van der Waals surface area (Å²) in [5.41, 5.74) is 4.89. The van der Waals surface area contributed by atoms with E-state index in [9.17, 15) is 14.4 Å². The van der Waals surface area contributed by atoms with Crippen molar-refractivity contribution in [2.24, 2.45) is 5.73 Å². The molecule has 0 aromatic heterocycles. The SMILES string of the molecule is CC(C(=O)NC(N)=O)N1CCSCC1CC(=O)O. The van der Waals surface area contributed by atoms with Gasteiger partial charge in [0, 0.05) is 24.1 Å². The Morgan fingerprint density at radius 1 is 1.56 bits per heavy atom. The van der Waals surface area contributed by atoms with E-state index in [2.05, 4.69) is 0 Å². The minimum Gasteiger partial charge on any atom is -0.481 e. The first kappa shape index (κ1) is 14.8. The molecule has 0 aromatic rings. The highest BCUT2D eigenvalue weighted by Crippen LogP contribution is 2.21. The predicted octanol–water partition coefficient (Wildman–Crippen LogP) is -0.538. The number of amides is 3. The number of aliphatic carboxylic acids is 1. The Balaban J connectivity index is 2.67. The molecule has 1 fully saturated rings. The summed E-state index contributed by atoms with van der Waals surface area (Å²) < 4.78 is 0. The van der Waals surface area contributed by atoms with E-state index >= 15 is 0 Å². The van der Waals surface area contributed by atoms with E-state index in [1.165, 1.54) is 0 Å². The number of nitrogens with one attached hydrogen (secondary N) is 1. The molecular formula is C10H17N3O4S. The van der Waals surface area contributed by atoms with Crippen LogP contribution in [0, 0.1) is 0 Å². The number of nitrogens with two attached hydrogens (primary N) is 1. The summed E-state index contributed by atoms with van der Waals surface area (Å²) in [5, 5.41) is 10.9. The number of carboxylic acid groups (broad SMARTS) is 1. The zero-order valence-electron chi connectivity index (χ0n) is 10.1. The molecule has 1 aliphatic rings. The second-order valence-corrected chi connectivity index (χ2v) is 5.24. The van der Waals surface area contributed by atoms with Gasteiger partial charge < -0.3 is 10.8 Å². The van der Waals surface area contributed by atoms with Gasteiger partial charge in [-0.1, -0.05) is 0 Å². The van der Waals surface area contributed by atoms with Gasteiger partial charge in [-0.3, -0.25) is 19.8 Å². The number of primary amides is 1. The second kappa shape index (κ2) is 6.60. The number of carboxylic acids is 1. The fourth-order valence-corrected chi connectivity index (χ4v) is 3.02. The molecule has 1 rings (SSSR count). The van der Waals surface area contributed by atoms with Gasteiger partial charge in [0.2, 0.25) is 5.91 Å². The van der Waals surface area contributed by atoms with Crippen LogP contribution in [-0.4, -0.2) is 58.0 Å². The lowest BCUT2D eigenvalue weighted by atomic mass is 10.1. The normalized spacial score (nSPS) is 22.2. The molecule has 3 amide bonds. The highest BCUT2D eigenvalue weighted by molar-refractivity contribution is 7.99. The molecule has 1 saturated heterocycles. The van der Waals surface area contributed by atoms with Gasteiger partial charge in [-0.15, -0.1) is 0 Å². The molecule has 1 aliphatic heterocycles. The van der Waals surface area contributed by atoms with Gasteiger partial charge in [0.15, 0.2) is 0 Å². The number of nitrogens with zero attached hydrogens (tertiary/aromatic N) is 1. The Morgan fingerprint density at radius 2 is 2.22 bits per heavy atom. The van der Waals surface area contributed by atoms with Crippen LogP contribution >= 0.6 is 11.8 Å². The molecule has 18 heavy (non-hydrogen) atoms. The summed E-state index contributed by atoms with van der Waals surface area (Å²) >= 11 is 1.66. The van der Waals surface area contributed by atoms with Gasteiger partial charge in [-0.05, 0) is 6.92 Å². The Kier molecular flexibility index (Phi) is 5.42. The maximum atomic E-state index is 11.7. The monoisotopic (exact) mass is 275 g/mol. The van der Waals surface area contributed by atoms with E-state index < -0.39 is 23.9 Å². The Hall–Kier alpha value is -1.28. The third kappa shape index (κ3) is 4.19. The van der Waals surface area contributed by atoms with E-state index in [-0.39, 0.29) is 12.5 Å². The summed E-state index contributed by atoms with van der Waals surface area (Å²) in [4.78, 5) is 34.9. The van der Waals surface area contributed by atoms with Gasteiger partial charge in [0.1, 0.15) is 0 Å². The molecule has 0 radical (unpaired) electrons. The van der Waals surface area contributed by atoms with Crippen molar-refractivity contribution in [3.05, 3.63) is 0 Å². The first-order chi connectivity index (χ1) is 8.41. The standard InChI is InChI=1S/C10H17N3O4S/c1-6(9(16)12-10(11)17)13-2-3-18-5-7(13)4-8(14)15/h6-7H,2-5H2,1H3,(H,14,15)(H3,11,12,16,17). The second-order valence-electron chi connectivity index (χ2n) is 4.09. The van der Waals surface area contributed by atoms with Crippen LogP contribution < -0.4 is 11.1 Å². The number of carbonyl (C=O) groups is 3. The first-order valence-corrected chi connectivity index (χ1v) is 6.73. The van der Waals surface area contributed by atoms with Crippen molar-refractivity contribution >= 4 is 29.7 Å². The van der Waals surface area contributed by atoms with Crippen LogP contribution in [0.4, 0.5) is 4.79 Å². The topological polar surface area (TPSA) is 113 Å². The maximum Gasteiger partial charge on any atom is 0.318 e. The van der Waals surface area contributed by atoms with Crippen LogP contribution in [0.3, 0.4) is 0 Å². The maximum absolute atomic E-state index is 11.7. The first-order valence-electron chi connectivity index (χ1n) is 5.57. The lowest BCUT2D eigenvalue weighted by Crippen LogP contribution is -2.55. The fourth-order valence-electron chi connectivity index (χ4n) is 1.93. The molecule has 0 saturated carbocycles. The van der Waals surface area contributed by atoms with E-state index in [0.717, 1.165) is 5.75 Å². The van der Waals surface area contributed by atoms with E-state index in [1.807, 2.05) is 10.2 Å². The largest absolute Gasteiger partial charge is 0.481 e. The third-order valence-electron chi connectivity index (χ3n) is 2.81. The van der Waals surface area contributed by atoms with Crippen LogP contribution in [0.25, 0.3) is 0 Å². The summed E-state index contributed by atoms with van der Waals surface area (Å²) in [6.07, 6.45) is -0.0127. The zero-order valence-corrected chi connectivity index (χ0v) is 10.9. The van der Waals surface area contributed by atoms with E-state index in [4.69, 9.17) is 10.8 Å². The molecule has 0 spiro atoms. The molecule has 2 unspecified atom stereocenters. The Labute approximate surface area is 109 Å². The van der Waals surface area contributed by atoms with Crippen molar-refractivity contribution < 1.29 is 19.5 Å². The molecule has 0 aromatic carbocycles. The lowest BCUT2D eigenvalue weighted by molar-refractivity contribution is -0.139. The number of hydrogen-bond acceptors (Lipinski definition) is 5. The van der Waals surface area contributed by atoms with Crippen LogP contribution in [0.1, 0.15) is 13.3 Å². The van der Waals surface area contributed by atoms with Crippen LogP contribution in [0.15, 0.2) is 0 Å². The molecule has 0 bridgehead atoms. The van der Waals surface area contributed by atoms with E-state index in [0.29, 0.717) is 12.3 Å². The van der Waals surface area contributed by atoms with Crippen molar-refractivity contribution in [2.75, 3.05) is 18.1 Å². The number of hydrogen-bond donors (Lipinski definition) is 3. The van der Waals surface area contributed by atoms with Crippen molar-refractivity contribution in [1.82, 2.24) is 10.2 Å². The average Bonchev–Trinajstić information content (AvgIpc) is 2.27. The number of imide groups is 1. The molecule has 4 N–H and O–H groups in total. The summed E-state index contributed by atoms with van der Waals surface area (Å²) in [6.45, 7) is 2.26. The molecule has 102 valence electrons. The molecule has 0 aliphatic carbocycles. The van der Waals surface area contributed by atoms with Gasteiger partial charge in [-0.25, -0.2) is 4.79 Å². The molecule has 7 nitrogen and oxygen atoms in total. The Morgan fingerprint density at radius 3 is 2.78 bits per heavy atom. The summed E-state index contributed by atoms with van der Waals surface area (Å²) in [6, 6.07) is -1.66. The predicted molar refractivity (Wildman–Crippen MR) is 67.3 cm³/mol. The summed E-state index contributed by atoms with van der Waals surface area (Å²) in [5.74, 6) is 0.116. The summed E-state index contributed by atoms with van der Waals surface area (Å²) in [7, 11) is 0. The number of thioether (sulfide) groups is 1. The minimum atomic E-state index is -0.895. The highest BCUT2D eigenvalue weighted by atomic mass is 32.2. The number of carbonyl (C=O) groups excluding carboxylic acids is 2. The molecule has 2 atom stereocenters. The third-order valence-corrected chi connectivity index (χ3v) is 3.90. The van der Waals surface area contributed by atoms with Crippen LogP contribution in [-0.2, 0) is 9.59 Å². The van der Waals surface area contributed by atoms with Gasteiger partial charge in [-0.2, -0.15) is 11.8 Å². The van der Waals surface area contributed by atoms with Crippen LogP contribution in [0.2, 0.25) is 0 Å². The van der Waals surface area contributed by atoms with Gasteiger partial charge in [0.05, 0.1) is 12.5 Å². The Bertz CT molecular complexity index is 350. The molecular weight excluding hydrogens is 258 g/mol. The van der Waals surface area contributed by atoms with E-state index in [1.54, 1.807) is 18.7 Å².